The van der Waals surface area contributed by atoms with Crippen LogP contribution in [0.1, 0.15) is 19.8 Å². The average Bonchev–Trinajstić information content (AvgIpc) is 2.76. The van der Waals surface area contributed by atoms with E-state index >= 15 is 0 Å². The number of anilines is 2. The molecule has 2 rings (SSSR count). The minimum Gasteiger partial charge on any atom is -0.367 e. The van der Waals surface area contributed by atoms with Crippen LogP contribution < -0.4 is 10.6 Å². The summed E-state index contributed by atoms with van der Waals surface area (Å²) in [6, 6.07) is 0. The quantitative estimate of drug-likeness (QED) is 0.823. The average molecular weight is 302 g/mol. The third-order valence-electron chi connectivity index (χ3n) is 3.16. The summed E-state index contributed by atoms with van der Waals surface area (Å²) in [5, 5.41) is 5.86. The summed E-state index contributed by atoms with van der Waals surface area (Å²) in [6.07, 6.45) is 2.64. The third kappa shape index (κ3) is 4.03. The maximum absolute atomic E-state index is 13.6. The molecule has 112 valence electrons. The lowest BCUT2D eigenvalue weighted by Gasteiger charge is -2.11. The van der Waals surface area contributed by atoms with Crippen molar-refractivity contribution in [2.75, 3.05) is 35.2 Å². The first-order chi connectivity index (χ1) is 9.50. The van der Waals surface area contributed by atoms with Crippen LogP contribution in [0.4, 0.5) is 16.2 Å². The SMILES string of the molecule is CCCNc1ncc(F)c(NCC2CCS(=O)(=O)C2)n1. The van der Waals surface area contributed by atoms with Gasteiger partial charge >= 0.3 is 0 Å². The number of aromatic nitrogens is 2. The van der Waals surface area contributed by atoms with Crippen LogP contribution in [-0.2, 0) is 9.84 Å². The molecule has 0 bridgehead atoms. The van der Waals surface area contributed by atoms with E-state index in [1.807, 2.05) is 6.92 Å². The fourth-order valence-corrected chi connectivity index (χ4v) is 3.95. The zero-order chi connectivity index (χ0) is 14.6. The summed E-state index contributed by atoms with van der Waals surface area (Å²) in [5.41, 5.74) is 0. The van der Waals surface area contributed by atoms with Gasteiger partial charge in [-0.05, 0) is 18.8 Å². The lowest BCUT2D eigenvalue weighted by atomic mass is 10.1. The predicted molar refractivity (Wildman–Crippen MR) is 76.0 cm³/mol. The summed E-state index contributed by atoms with van der Waals surface area (Å²) in [5.74, 6) is 0.342. The van der Waals surface area contributed by atoms with Gasteiger partial charge in [0, 0.05) is 13.1 Å². The first-order valence-corrected chi connectivity index (χ1v) is 8.53. The molecule has 1 aromatic rings. The van der Waals surface area contributed by atoms with Crippen molar-refractivity contribution in [2.45, 2.75) is 19.8 Å². The standard InChI is InChI=1S/C12H19FN4O2S/c1-2-4-14-12-16-7-10(13)11(17-12)15-6-9-3-5-20(18,19)8-9/h7,9H,2-6,8H2,1H3,(H2,14,15,16,17). The van der Waals surface area contributed by atoms with Crippen molar-refractivity contribution >= 4 is 21.6 Å². The van der Waals surface area contributed by atoms with Crippen LogP contribution in [0.5, 0.6) is 0 Å². The summed E-state index contributed by atoms with van der Waals surface area (Å²) in [6.45, 7) is 3.13. The molecular weight excluding hydrogens is 283 g/mol. The first kappa shape index (κ1) is 15.0. The van der Waals surface area contributed by atoms with Crippen LogP contribution in [0.3, 0.4) is 0 Å². The largest absolute Gasteiger partial charge is 0.367 e. The van der Waals surface area contributed by atoms with E-state index in [4.69, 9.17) is 0 Å². The molecular formula is C12H19FN4O2S. The predicted octanol–water partition coefficient (Wildman–Crippen LogP) is 1.28. The maximum Gasteiger partial charge on any atom is 0.224 e. The molecule has 6 nitrogen and oxygen atoms in total. The number of sulfone groups is 1. The fraction of sp³-hybridized carbons (Fsp3) is 0.667. The smallest absolute Gasteiger partial charge is 0.224 e. The Balaban J connectivity index is 1.95. The summed E-state index contributed by atoms with van der Waals surface area (Å²) in [7, 11) is -2.91. The zero-order valence-corrected chi connectivity index (χ0v) is 12.2. The number of rotatable bonds is 6. The first-order valence-electron chi connectivity index (χ1n) is 6.71. The highest BCUT2D eigenvalue weighted by atomic mass is 32.2. The van der Waals surface area contributed by atoms with E-state index in [-0.39, 0.29) is 23.2 Å². The molecule has 1 aromatic heterocycles. The van der Waals surface area contributed by atoms with E-state index in [1.165, 1.54) is 0 Å². The minimum absolute atomic E-state index is 0.0152. The molecule has 0 spiro atoms. The normalized spacial score (nSPS) is 20.8. The monoisotopic (exact) mass is 302 g/mol. The van der Waals surface area contributed by atoms with Gasteiger partial charge in [0.05, 0.1) is 17.7 Å². The Hall–Kier alpha value is -1.44. The van der Waals surface area contributed by atoms with Gasteiger partial charge in [0.15, 0.2) is 21.5 Å². The molecule has 20 heavy (non-hydrogen) atoms. The summed E-state index contributed by atoms with van der Waals surface area (Å²) in [4.78, 5) is 7.90. The van der Waals surface area contributed by atoms with E-state index < -0.39 is 15.7 Å². The molecule has 2 N–H and O–H groups in total. The van der Waals surface area contributed by atoms with Gasteiger partial charge in [0.2, 0.25) is 5.95 Å². The van der Waals surface area contributed by atoms with E-state index in [0.717, 1.165) is 12.6 Å². The second kappa shape index (κ2) is 6.34. The number of halogens is 1. The topological polar surface area (TPSA) is 84.0 Å². The van der Waals surface area contributed by atoms with Gasteiger partial charge in [0.1, 0.15) is 0 Å². The molecule has 8 heteroatoms. The molecule has 1 fully saturated rings. The maximum atomic E-state index is 13.6. The van der Waals surface area contributed by atoms with E-state index in [1.54, 1.807) is 0 Å². The molecule has 0 amide bonds. The number of nitrogens with zero attached hydrogens (tertiary/aromatic N) is 2. The molecule has 0 aromatic carbocycles. The van der Waals surface area contributed by atoms with Gasteiger partial charge in [-0.25, -0.2) is 17.8 Å². The molecule has 0 aliphatic carbocycles. The Kier molecular flexibility index (Phi) is 4.74. The molecule has 1 aliphatic rings. The number of hydrogen-bond donors (Lipinski definition) is 2. The van der Waals surface area contributed by atoms with Crippen molar-refractivity contribution in [1.29, 1.82) is 0 Å². The molecule has 0 radical (unpaired) electrons. The van der Waals surface area contributed by atoms with E-state index in [0.29, 0.717) is 25.5 Å². The van der Waals surface area contributed by atoms with Crippen molar-refractivity contribution in [1.82, 2.24) is 9.97 Å². The van der Waals surface area contributed by atoms with Crippen LogP contribution in [0.15, 0.2) is 6.20 Å². The zero-order valence-electron chi connectivity index (χ0n) is 11.4. The summed E-state index contributed by atoms with van der Waals surface area (Å²) >= 11 is 0. The van der Waals surface area contributed by atoms with Crippen molar-refractivity contribution in [2.24, 2.45) is 5.92 Å². The Morgan fingerprint density at radius 2 is 2.25 bits per heavy atom. The minimum atomic E-state index is -2.91. The second-order valence-electron chi connectivity index (χ2n) is 4.97. The van der Waals surface area contributed by atoms with Gasteiger partial charge in [-0.15, -0.1) is 0 Å². The second-order valence-corrected chi connectivity index (χ2v) is 7.20. The van der Waals surface area contributed by atoms with Crippen LogP contribution in [-0.4, -0.2) is 43.0 Å². The Labute approximate surface area is 118 Å². The third-order valence-corrected chi connectivity index (χ3v) is 5.00. The van der Waals surface area contributed by atoms with E-state index in [2.05, 4.69) is 20.6 Å². The van der Waals surface area contributed by atoms with Crippen LogP contribution in [0.2, 0.25) is 0 Å². The molecule has 1 unspecified atom stereocenters. The van der Waals surface area contributed by atoms with Crippen molar-refractivity contribution in [3.8, 4) is 0 Å². The highest BCUT2D eigenvalue weighted by Gasteiger charge is 2.27. The van der Waals surface area contributed by atoms with Crippen LogP contribution >= 0.6 is 0 Å². The van der Waals surface area contributed by atoms with Gasteiger partial charge in [-0.1, -0.05) is 6.92 Å². The van der Waals surface area contributed by atoms with Crippen molar-refractivity contribution < 1.29 is 12.8 Å². The molecule has 0 saturated carbocycles. The highest BCUT2D eigenvalue weighted by Crippen LogP contribution is 2.20. The van der Waals surface area contributed by atoms with Gasteiger partial charge in [0.25, 0.3) is 0 Å². The van der Waals surface area contributed by atoms with Gasteiger partial charge in [-0.2, -0.15) is 4.98 Å². The number of hydrogen-bond acceptors (Lipinski definition) is 6. The lowest BCUT2D eigenvalue weighted by molar-refractivity contribution is 0.591. The lowest BCUT2D eigenvalue weighted by Crippen LogP contribution is -2.17. The Bertz CT molecular complexity index is 565. The van der Waals surface area contributed by atoms with Gasteiger partial charge in [-0.3, -0.25) is 0 Å². The van der Waals surface area contributed by atoms with E-state index in [9.17, 15) is 12.8 Å². The van der Waals surface area contributed by atoms with Crippen LogP contribution in [0.25, 0.3) is 0 Å². The Morgan fingerprint density at radius 3 is 2.90 bits per heavy atom. The molecule has 1 atom stereocenters. The van der Waals surface area contributed by atoms with Crippen molar-refractivity contribution in [3.05, 3.63) is 12.0 Å². The Morgan fingerprint density at radius 1 is 1.45 bits per heavy atom. The molecule has 2 heterocycles. The fourth-order valence-electron chi connectivity index (χ4n) is 2.09. The highest BCUT2D eigenvalue weighted by molar-refractivity contribution is 7.91. The molecule has 1 saturated heterocycles. The van der Waals surface area contributed by atoms with Gasteiger partial charge < -0.3 is 10.6 Å². The summed E-state index contributed by atoms with van der Waals surface area (Å²) < 4.78 is 36.3. The van der Waals surface area contributed by atoms with Crippen LogP contribution in [0, 0.1) is 11.7 Å². The number of nitrogens with one attached hydrogen (secondary N) is 2. The molecule has 1 aliphatic heterocycles. The van der Waals surface area contributed by atoms with Crippen molar-refractivity contribution in [3.63, 3.8) is 0 Å².